The molecule has 1 aliphatic heterocycles. The van der Waals surface area contributed by atoms with Crippen LogP contribution in [0.1, 0.15) is 22.8 Å². The fourth-order valence-electron chi connectivity index (χ4n) is 2.60. The molecule has 0 radical (unpaired) electrons. The fraction of sp³-hybridized carbons (Fsp3) is 0.167. The van der Waals surface area contributed by atoms with Crippen LogP contribution in [0.2, 0.25) is 0 Å². The number of fused-ring (bicyclic) bond motifs is 1. The zero-order chi connectivity index (χ0) is 16.6. The first kappa shape index (κ1) is 15.0. The number of aryl methyl sites for hydroxylation is 1. The largest absolute Gasteiger partial charge is 0.324 e. The minimum atomic E-state index is -0.781. The van der Waals surface area contributed by atoms with Gasteiger partial charge in [0, 0.05) is 5.69 Å². The van der Waals surface area contributed by atoms with Gasteiger partial charge in [-0.25, -0.2) is 0 Å². The van der Waals surface area contributed by atoms with Gasteiger partial charge >= 0.3 is 0 Å². The highest BCUT2D eigenvalue weighted by Crippen LogP contribution is 2.30. The number of anilines is 2. The number of amides is 2. The lowest BCUT2D eigenvalue weighted by Gasteiger charge is -2.23. The van der Waals surface area contributed by atoms with Crippen molar-refractivity contribution < 1.29 is 14.4 Å². The first-order chi connectivity index (χ1) is 11.0. The molecule has 0 fully saturated rings. The molecule has 0 spiro atoms. The third-order valence-corrected chi connectivity index (χ3v) is 3.91. The summed E-state index contributed by atoms with van der Waals surface area (Å²) < 4.78 is 0. The number of carbonyl (C=O) groups excluding carboxylic acids is 3. The van der Waals surface area contributed by atoms with Crippen molar-refractivity contribution in [3.05, 3.63) is 59.7 Å². The smallest absolute Gasteiger partial charge is 0.300 e. The molecule has 5 heteroatoms. The topological polar surface area (TPSA) is 66.5 Å². The van der Waals surface area contributed by atoms with Crippen LogP contribution >= 0.6 is 0 Å². The number of benzene rings is 2. The third-order valence-electron chi connectivity index (χ3n) is 3.91. The predicted octanol–water partition coefficient (Wildman–Crippen LogP) is 2.55. The average Bonchev–Trinajstić information content (AvgIpc) is 2.81. The SMILES string of the molecule is Cc1ccc(NC(=O)[C@H](C)N2C(=O)C(=O)c3ccccc32)cc1. The van der Waals surface area contributed by atoms with Gasteiger partial charge in [-0.1, -0.05) is 29.8 Å². The van der Waals surface area contributed by atoms with E-state index in [0.717, 1.165) is 5.56 Å². The number of nitrogens with one attached hydrogen (secondary N) is 1. The van der Waals surface area contributed by atoms with Gasteiger partial charge in [-0.15, -0.1) is 0 Å². The Bertz CT molecular complexity index is 796. The summed E-state index contributed by atoms with van der Waals surface area (Å²) in [7, 11) is 0. The van der Waals surface area contributed by atoms with Crippen molar-refractivity contribution in [2.75, 3.05) is 10.2 Å². The molecule has 23 heavy (non-hydrogen) atoms. The minimum Gasteiger partial charge on any atom is -0.324 e. The molecule has 0 unspecified atom stereocenters. The number of hydrogen-bond donors (Lipinski definition) is 1. The van der Waals surface area contributed by atoms with Gasteiger partial charge in [0.05, 0.1) is 11.3 Å². The number of hydrogen-bond acceptors (Lipinski definition) is 3. The number of nitrogens with zero attached hydrogens (tertiary/aromatic N) is 1. The summed E-state index contributed by atoms with van der Waals surface area (Å²) in [5.74, 6) is -1.58. The molecule has 1 aliphatic rings. The Morgan fingerprint density at radius 3 is 2.39 bits per heavy atom. The van der Waals surface area contributed by atoms with Gasteiger partial charge in [-0.05, 0) is 38.1 Å². The molecule has 0 aromatic heterocycles. The van der Waals surface area contributed by atoms with E-state index in [1.165, 1.54) is 4.90 Å². The van der Waals surface area contributed by atoms with E-state index >= 15 is 0 Å². The zero-order valence-corrected chi connectivity index (χ0v) is 12.9. The summed E-state index contributed by atoms with van der Waals surface area (Å²) in [5.41, 5.74) is 2.56. The Morgan fingerprint density at radius 1 is 1.04 bits per heavy atom. The Morgan fingerprint density at radius 2 is 1.70 bits per heavy atom. The van der Waals surface area contributed by atoms with Gasteiger partial charge in [-0.3, -0.25) is 19.3 Å². The van der Waals surface area contributed by atoms with Crippen molar-refractivity contribution >= 4 is 29.0 Å². The number of carbonyl (C=O) groups is 3. The highest BCUT2D eigenvalue weighted by Gasteiger charge is 2.40. The van der Waals surface area contributed by atoms with Crippen LogP contribution in [-0.4, -0.2) is 23.6 Å². The Hall–Kier alpha value is -2.95. The standard InChI is InChI=1S/C18H16N2O3/c1-11-7-9-13(10-8-11)19-17(22)12(2)20-15-6-4-3-5-14(15)16(21)18(20)23/h3-10,12H,1-2H3,(H,19,22)/t12-/m0/s1. The second-order valence-electron chi connectivity index (χ2n) is 5.55. The van der Waals surface area contributed by atoms with Gasteiger partial charge in [0.15, 0.2) is 0 Å². The molecule has 1 heterocycles. The van der Waals surface area contributed by atoms with Crippen LogP contribution in [0.5, 0.6) is 0 Å². The van der Waals surface area contributed by atoms with Gasteiger partial charge in [0.2, 0.25) is 5.91 Å². The maximum absolute atomic E-state index is 12.4. The van der Waals surface area contributed by atoms with Crippen LogP contribution in [0.15, 0.2) is 48.5 Å². The van der Waals surface area contributed by atoms with E-state index in [1.807, 2.05) is 19.1 Å². The molecule has 0 saturated carbocycles. The molecule has 0 bridgehead atoms. The van der Waals surface area contributed by atoms with Gasteiger partial charge in [-0.2, -0.15) is 0 Å². The van der Waals surface area contributed by atoms with E-state index in [1.54, 1.807) is 43.3 Å². The molecule has 2 aromatic carbocycles. The summed E-state index contributed by atoms with van der Waals surface area (Å²) in [6.45, 7) is 3.57. The van der Waals surface area contributed by atoms with Gasteiger partial charge < -0.3 is 5.32 Å². The fourth-order valence-corrected chi connectivity index (χ4v) is 2.60. The quantitative estimate of drug-likeness (QED) is 0.886. The summed E-state index contributed by atoms with van der Waals surface area (Å²) in [6, 6.07) is 13.3. The number of rotatable bonds is 3. The summed E-state index contributed by atoms with van der Waals surface area (Å²) in [4.78, 5) is 37.9. The Balaban J connectivity index is 1.84. The Kier molecular flexibility index (Phi) is 3.70. The average molecular weight is 308 g/mol. The van der Waals surface area contributed by atoms with E-state index in [4.69, 9.17) is 0 Å². The number of ketones is 1. The van der Waals surface area contributed by atoms with Gasteiger partial charge in [0.1, 0.15) is 6.04 Å². The molecule has 1 atom stereocenters. The van der Waals surface area contributed by atoms with Crippen molar-refractivity contribution in [2.24, 2.45) is 0 Å². The monoisotopic (exact) mass is 308 g/mol. The zero-order valence-electron chi connectivity index (χ0n) is 12.9. The van der Waals surface area contributed by atoms with Crippen molar-refractivity contribution in [3.63, 3.8) is 0 Å². The number of Topliss-reactive ketones (excluding diaryl/α,β-unsaturated/α-hetero) is 1. The molecule has 1 N–H and O–H groups in total. The van der Waals surface area contributed by atoms with Crippen molar-refractivity contribution in [2.45, 2.75) is 19.9 Å². The second kappa shape index (κ2) is 5.68. The summed E-state index contributed by atoms with van der Waals surface area (Å²) >= 11 is 0. The molecular weight excluding hydrogens is 292 g/mol. The van der Waals surface area contributed by atoms with Crippen LogP contribution in [0.25, 0.3) is 0 Å². The lowest BCUT2D eigenvalue weighted by atomic mass is 10.1. The first-order valence-electron chi connectivity index (χ1n) is 7.33. The highest BCUT2D eigenvalue weighted by molar-refractivity contribution is 6.52. The van der Waals surface area contributed by atoms with Crippen molar-refractivity contribution in [1.82, 2.24) is 0 Å². The van der Waals surface area contributed by atoms with E-state index < -0.39 is 17.7 Å². The first-order valence-corrected chi connectivity index (χ1v) is 7.33. The molecule has 0 saturated heterocycles. The third kappa shape index (κ3) is 2.61. The van der Waals surface area contributed by atoms with E-state index in [9.17, 15) is 14.4 Å². The maximum Gasteiger partial charge on any atom is 0.300 e. The van der Waals surface area contributed by atoms with Crippen LogP contribution in [0.4, 0.5) is 11.4 Å². The van der Waals surface area contributed by atoms with Crippen LogP contribution < -0.4 is 10.2 Å². The van der Waals surface area contributed by atoms with E-state index in [-0.39, 0.29) is 5.91 Å². The van der Waals surface area contributed by atoms with Crippen molar-refractivity contribution in [3.8, 4) is 0 Å². The van der Waals surface area contributed by atoms with Crippen LogP contribution in [0, 0.1) is 6.92 Å². The maximum atomic E-state index is 12.4. The molecular formula is C18H16N2O3. The van der Waals surface area contributed by atoms with Crippen LogP contribution in [0.3, 0.4) is 0 Å². The van der Waals surface area contributed by atoms with E-state index in [2.05, 4.69) is 5.32 Å². The molecule has 3 rings (SSSR count). The summed E-state index contributed by atoms with van der Waals surface area (Å²) in [5, 5.41) is 2.77. The normalized spacial score (nSPS) is 14.6. The van der Waals surface area contributed by atoms with Crippen molar-refractivity contribution in [1.29, 1.82) is 0 Å². The second-order valence-corrected chi connectivity index (χ2v) is 5.55. The van der Waals surface area contributed by atoms with E-state index in [0.29, 0.717) is 16.9 Å². The highest BCUT2D eigenvalue weighted by atomic mass is 16.2. The molecule has 0 aliphatic carbocycles. The molecule has 116 valence electrons. The predicted molar refractivity (Wildman–Crippen MR) is 87.5 cm³/mol. The van der Waals surface area contributed by atoms with Crippen LogP contribution in [-0.2, 0) is 9.59 Å². The Labute approximate surface area is 133 Å². The van der Waals surface area contributed by atoms with Gasteiger partial charge in [0.25, 0.3) is 11.7 Å². The molecule has 2 aromatic rings. The minimum absolute atomic E-state index is 0.340. The number of para-hydroxylation sites is 1. The molecule has 2 amide bonds. The summed E-state index contributed by atoms with van der Waals surface area (Å²) in [6.07, 6.45) is 0. The molecule has 5 nitrogen and oxygen atoms in total. The lowest BCUT2D eigenvalue weighted by Crippen LogP contribution is -2.45. The lowest BCUT2D eigenvalue weighted by molar-refractivity contribution is -0.120.